The van der Waals surface area contributed by atoms with Gasteiger partial charge >= 0.3 is 6.03 Å². The number of urea groups is 1. The van der Waals surface area contributed by atoms with Crippen LogP contribution in [-0.2, 0) is 11.3 Å². The highest BCUT2D eigenvalue weighted by molar-refractivity contribution is 6.42. The topological polar surface area (TPSA) is 52.6 Å². The molecule has 0 aromatic heterocycles. The van der Waals surface area contributed by atoms with Gasteiger partial charge in [0.05, 0.1) is 16.7 Å². The van der Waals surface area contributed by atoms with Crippen LogP contribution in [0.1, 0.15) is 25.3 Å². The number of hydrogen-bond acceptors (Lipinski definition) is 3. The van der Waals surface area contributed by atoms with Crippen molar-refractivity contribution in [3.05, 3.63) is 33.8 Å². The third-order valence-corrected chi connectivity index (χ3v) is 5.25. The van der Waals surface area contributed by atoms with E-state index in [4.69, 9.17) is 23.2 Å². The van der Waals surface area contributed by atoms with Crippen LogP contribution in [-0.4, -0.2) is 41.0 Å². The largest absolute Gasteiger partial charge is 0.326 e. The van der Waals surface area contributed by atoms with Gasteiger partial charge in [0.2, 0.25) is 0 Å². The molecule has 1 atom stereocenters. The van der Waals surface area contributed by atoms with Crippen LogP contribution in [0.2, 0.25) is 10.0 Å². The fraction of sp³-hybridized carbons (Fsp3) is 0.500. The molecule has 1 heterocycles. The van der Waals surface area contributed by atoms with E-state index >= 15 is 0 Å². The van der Waals surface area contributed by atoms with Crippen LogP contribution in [0.15, 0.2) is 18.2 Å². The van der Waals surface area contributed by atoms with Gasteiger partial charge in [-0.05, 0) is 50.4 Å². The second kappa shape index (κ2) is 5.96. The molecule has 0 bridgehead atoms. The molecule has 0 spiro atoms. The van der Waals surface area contributed by atoms with E-state index in [1.807, 2.05) is 24.9 Å². The third kappa shape index (κ3) is 3.18. The average molecular weight is 356 g/mol. The van der Waals surface area contributed by atoms with Gasteiger partial charge in [0.15, 0.2) is 0 Å². The second-order valence-electron chi connectivity index (χ2n) is 6.54. The predicted octanol–water partition coefficient (Wildman–Crippen LogP) is 3.10. The molecule has 7 heteroatoms. The molecule has 5 nitrogen and oxygen atoms in total. The number of halogens is 2. The molecule has 1 saturated heterocycles. The first-order valence-corrected chi connectivity index (χ1v) is 8.33. The highest BCUT2D eigenvalue weighted by Crippen LogP contribution is 2.42. The molecule has 124 valence electrons. The number of hydrogen-bond donors (Lipinski definition) is 1. The van der Waals surface area contributed by atoms with Crippen LogP contribution >= 0.6 is 23.2 Å². The van der Waals surface area contributed by atoms with E-state index in [2.05, 4.69) is 5.32 Å². The highest BCUT2D eigenvalue weighted by atomic mass is 35.5. The molecule has 1 aromatic rings. The summed E-state index contributed by atoms with van der Waals surface area (Å²) in [5.74, 6) is 0.135. The third-order valence-electron chi connectivity index (χ3n) is 4.51. The molecule has 0 radical (unpaired) electrons. The van der Waals surface area contributed by atoms with Crippen molar-refractivity contribution in [2.45, 2.75) is 31.8 Å². The normalized spacial score (nSPS) is 24.5. The fourth-order valence-corrected chi connectivity index (χ4v) is 3.34. The first-order valence-electron chi connectivity index (χ1n) is 7.58. The minimum absolute atomic E-state index is 0.133. The van der Waals surface area contributed by atoms with E-state index in [0.29, 0.717) is 16.6 Å². The smallest absolute Gasteiger partial charge is 0.323 e. The Labute approximate surface area is 145 Å². The summed E-state index contributed by atoms with van der Waals surface area (Å²) < 4.78 is 0. The van der Waals surface area contributed by atoms with E-state index in [0.717, 1.165) is 18.4 Å². The summed E-state index contributed by atoms with van der Waals surface area (Å²) in [5, 5.41) is 3.85. The van der Waals surface area contributed by atoms with Gasteiger partial charge in [0.25, 0.3) is 5.91 Å². The number of rotatable bonds is 5. The van der Waals surface area contributed by atoms with Gasteiger partial charge in [-0.3, -0.25) is 9.69 Å². The van der Waals surface area contributed by atoms with Crippen LogP contribution in [0.25, 0.3) is 0 Å². The van der Waals surface area contributed by atoms with Crippen LogP contribution in [0.5, 0.6) is 0 Å². The molecule has 23 heavy (non-hydrogen) atoms. The summed E-state index contributed by atoms with van der Waals surface area (Å²) in [5.41, 5.74) is 0.237. The molecule has 2 fully saturated rings. The number of carbonyl (C=O) groups is 2. The van der Waals surface area contributed by atoms with E-state index in [-0.39, 0.29) is 24.5 Å². The van der Waals surface area contributed by atoms with Gasteiger partial charge in [-0.2, -0.15) is 0 Å². The van der Waals surface area contributed by atoms with Crippen molar-refractivity contribution in [2.75, 3.05) is 13.7 Å². The summed E-state index contributed by atoms with van der Waals surface area (Å²) in [4.78, 5) is 27.9. The zero-order chi connectivity index (χ0) is 16.8. The fourth-order valence-electron chi connectivity index (χ4n) is 3.02. The van der Waals surface area contributed by atoms with E-state index in [9.17, 15) is 9.59 Å². The van der Waals surface area contributed by atoms with Crippen molar-refractivity contribution in [2.24, 2.45) is 5.92 Å². The van der Waals surface area contributed by atoms with E-state index in [1.165, 1.54) is 4.90 Å². The SMILES string of the molecule is CN(Cc1ccc(Cl)c(Cl)c1)CN1C(=O)N[C@@](C)(C2CC2)C1=O. The van der Waals surface area contributed by atoms with Crippen molar-refractivity contribution in [1.29, 1.82) is 0 Å². The van der Waals surface area contributed by atoms with Gasteiger partial charge in [0.1, 0.15) is 5.54 Å². The summed E-state index contributed by atoms with van der Waals surface area (Å²) in [6.07, 6.45) is 1.99. The molecule has 3 amide bonds. The number of nitrogens with one attached hydrogen (secondary N) is 1. The first kappa shape index (κ1) is 16.6. The minimum Gasteiger partial charge on any atom is -0.323 e. The molecule has 1 N–H and O–H groups in total. The molecule has 3 rings (SSSR count). The Morgan fingerprint density at radius 2 is 2.00 bits per heavy atom. The molecule has 1 aromatic carbocycles. The number of carbonyl (C=O) groups excluding carboxylic acids is 2. The maximum Gasteiger partial charge on any atom is 0.326 e. The second-order valence-corrected chi connectivity index (χ2v) is 7.36. The van der Waals surface area contributed by atoms with Crippen LogP contribution in [0.4, 0.5) is 4.79 Å². The quantitative estimate of drug-likeness (QED) is 0.825. The van der Waals surface area contributed by atoms with E-state index < -0.39 is 5.54 Å². The lowest BCUT2D eigenvalue weighted by Crippen LogP contribution is -2.46. The number of benzene rings is 1. The Kier molecular flexibility index (Phi) is 4.29. The van der Waals surface area contributed by atoms with E-state index in [1.54, 1.807) is 12.1 Å². The monoisotopic (exact) mass is 355 g/mol. The van der Waals surface area contributed by atoms with Crippen molar-refractivity contribution in [1.82, 2.24) is 15.1 Å². The Balaban J connectivity index is 1.65. The van der Waals surface area contributed by atoms with Gasteiger partial charge in [-0.25, -0.2) is 9.69 Å². The summed E-state index contributed by atoms with van der Waals surface area (Å²) in [7, 11) is 1.86. The minimum atomic E-state index is -0.735. The van der Waals surface area contributed by atoms with Gasteiger partial charge in [-0.1, -0.05) is 29.3 Å². The van der Waals surface area contributed by atoms with Crippen molar-refractivity contribution >= 4 is 35.1 Å². The molecule has 0 unspecified atom stereocenters. The summed E-state index contributed by atoms with van der Waals surface area (Å²) >= 11 is 11.9. The molecule has 1 aliphatic heterocycles. The van der Waals surface area contributed by atoms with Gasteiger partial charge in [0, 0.05) is 6.54 Å². The molecule has 1 aliphatic carbocycles. The Morgan fingerprint density at radius 3 is 2.61 bits per heavy atom. The zero-order valence-corrected chi connectivity index (χ0v) is 14.6. The zero-order valence-electron chi connectivity index (χ0n) is 13.1. The maximum atomic E-state index is 12.6. The van der Waals surface area contributed by atoms with Crippen LogP contribution < -0.4 is 5.32 Å². The van der Waals surface area contributed by atoms with Crippen LogP contribution in [0, 0.1) is 5.92 Å². The Hall–Kier alpha value is -1.30. The van der Waals surface area contributed by atoms with Gasteiger partial charge in [-0.15, -0.1) is 0 Å². The maximum absolute atomic E-state index is 12.6. The molecule has 2 aliphatic rings. The predicted molar refractivity (Wildman–Crippen MR) is 89.3 cm³/mol. The lowest BCUT2D eigenvalue weighted by atomic mass is 9.96. The number of amides is 3. The van der Waals surface area contributed by atoms with Crippen molar-refractivity contribution in [3.8, 4) is 0 Å². The van der Waals surface area contributed by atoms with Crippen molar-refractivity contribution < 1.29 is 9.59 Å². The van der Waals surface area contributed by atoms with Crippen molar-refractivity contribution in [3.63, 3.8) is 0 Å². The van der Waals surface area contributed by atoms with Crippen LogP contribution in [0.3, 0.4) is 0 Å². The number of nitrogens with zero attached hydrogens (tertiary/aromatic N) is 2. The summed E-state index contributed by atoms with van der Waals surface area (Å²) in [6.45, 7) is 2.63. The summed E-state index contributed by atoms with van der Waals surface area (Å²) in [6, 6.07) is 5.10. The highest BCUT2D eigenvalue weighted by Gasteiger charge is 2.56. The first-order chi connectivity index (χ1) is 10.8. The molecule has 1 saturated carbocycles. The average Bonchev–Trinajstić information content (AvgIpc) is 3.29. The molecular weight excluding hydrogens is 337 g/mol. The standard InChI is InChI=1S/C16H19Cl2N3O2/c1-16(11-4-5-11)14(22)21(15(23)19-16)9-20(2)8-10-3-6-12(17)13(18)7-10/h3,6-7,11H,4-5,8-9H2,1-2H3,(H,19,23)/t16-/m0/s1. The lowest BCUT2D eigenvalue weighted by Gasteiger charge is -2.24. The lowest BCUT2D eigenvalue weighted by molar-refractivity contribution is -0.132. The Morgan fingerprint density at radius 1 is 1.30 bits per heavy atom. The Bertz CT molecular complexity index is 663. The molecular formula is C16H19Cl2N3O2. The number of imide groups is 1. The van der Waals surface area contributed by atoms with Gasteiger partial charge < -0.3 is 5.32 Å².